The third-order valence-corrected chi connectivity index (χ3v) is 1.86. The molecule has 106 valence electrons. The molecule has 0 aliphatic rings. The molecule has 2 aromatic heterocycles. The van der Waals surface area contributed by atoms with Crippen LogP contribution in [-0.2, 0) is 4.79 Å². The molecule has 0 unspecified atom stereocenters. The van der Waals surface area contributed by atoms with Crippen LogP contribution in [0.2, 0.25) is 0 Å². The fourth-order valence-electron chi connectivity index (χ4n) is 0.997. The van der Waals surface area contributed by atoms with E-state index in [1.807, 2.05) is 0 Å². The normalized spacial score (nSPS) is 10.3. The number of carboxylic acids is 1. The van der Waals surface area contributed by atoms with Gasteiger partial charge in [0.05, 0.1) is 0 Å². The van der Waals surface area contributed by atoms with Crippen LogP contribution in [0.5, 0.6) is 0 Å². The Morgan fingerprint density at radius 2 is 1.85 bits per heavy atom. The maximum Gasteiger partial charge on any atom is 0.490 e. The molecule has 0 saturated carbocycles. The number of alkyl halides is 3. The Bertz CT molecular complexity index is 581. The monoisotopic (exact) mass is 288 g/mol. The van der Waals surface area contributed by atoms with Crippen LogP contribution in [0.25, 0.3) is 11.3 Å². The summed E-state index contributed by atoms with van der Waals surface area (Å²) in [5.74, 6) is -2.18. The fourth-order valence-corrected chi connectivity index (χ4v) is 0.997. The smallest absolute Gasteiger partial charge is 0.475 e. The summed E-state index contributed by atoms with van der Waals surface area (Å²) in [6.45, 7) is 0. The van der Waals surface area contributed by atoms with Gasteiger partial charge in [-0.05, 0) is 12.1 Å². The van der Waals surface area contributed by atoms with Gasteiger partial charge in [0.15, 0.2) is 12.0 Å². The summed E-state index contributed by atoms with van der Waals surface area (Å²) in [5.41, 5.74) is 1.16. The van der Waals surface area contributed by atoms with Crippen molar-refractivity contribution in [3.05, 3.63) is 36.3 Å². The predicted octanol–water partition coefficient (Wildman–Crippen LogP) is 2.18. The van der Waals surface area contributed by atoms with Crippen molar-refractivity contribution in [2.45, 2.75) is 6.18 Å². The highest BCUT2D eigenvalue weighted by Gasteiger charge is 2.38. The zero-order chi connectivity index (χ0) is 15.2. The van der Waals surface area contributed by atoms with Gasteiger partial charge in [-0.1, -0.05) is 5.16 Å². The number of carboxylic acid groups (broad SMARTS) is 1. The second-order valence-corrected chi connectivity index (χ2v) is 3.27. The van der Waals surface area contributed by atoms with Crippen molar-refractivity contribution in [3.8, 4) is 11.3 Å². The first kappa shape index (κ1) is 15.3. The van der Waals surface area contributed by atoms with Gasteiger partial charge in [0.1, 0.15) is 5.69 Å². The topological polar surface area (TPSA) is 93.3 Å². The quantitative estimate of drug-likeness (QED) is 0.851. The number of pyridine rings is 1. The number of carbonyl (C=O) groups is 2. The van der Waals surface area contributed by atoms with Crippen molar-refractivity contribution in [1.29, 1.82) is 0 Å². The average molecular weight is 288 g/mol. The van der Waals surface area contributed by atoms with Gasteiger partial charge >= 0.3 is 12.1 Å². The Hall–Kier alpha value is -2.71. The molecule has 2 aromatic rings. The minimum absolute atomic E-state index is 0.298. The van der Waals surface area contributed by atoms with E-state index in [1.165, 1.54) is 0 Å². The van der Waals surface area contributed by atoms with Gasteiger partial charge in [-0.3, -0.25) is 9.78 Å². The molecule has 6 nitrogen and oxygen atoms in total. The van der Waals surface area contributed by atoms with Gasteiger partial charge in [-0.15, -0.1) is 0 Å². The van der Waals surface area contributed by atoms with Crippen LogP contribution in [0, 0.1) is 0 Å². The lowest BCUT2D eigenvalue weighted by molar-refractivity contribution is -0.192. The predicted molar refractivity (Wildman–Crippen MR) is 58.8 cm³/mol. The number of halogens is 3. The van der Waals surface area contributed by atoms with Crippen LogP contribution < -0.4 is 0 Å². The van der Waals surface area contributed by atoms with Crippen LogP contribution in [0.1, 0.15) is 10.5 Å². The van der Waals surface area contributed by atoms with Crippen LogP contribution in [0.15, 0.2) is 35.1 Å². The summed E-state index contributed by atoms with van der Waals surface area (Å²) >= 11 is 0. The van der Waals surface area contributed by atoms with Crippen molar-refractivity contribution < 1.29 is 32.4 Å². The standard InChI is InChI=1S/C9H6N2O2.C2HF3O2/c12-6-8-5-9(13-11-8)7-1-3-10-4-2-7;3-2(4,5)1(6)7/h1-6H;(H,6,7). The Labute approximate surface area is 109 Å². The van der Waals surface area contributed by atoms with Crippen molar-refractivity contribution in [1.82, 2.24) is 10.1 Å². The van der Waals surface area contributed by atoms with Gasteiger partial charge in [0.25, 0.3) is 0 Å². The van der Waals surface area contributed by atoms with Crippen molar-refractivity contribution in [3.63, 3.8) is 0 Å². The highest BCUT2D eigenvalue weighted by molar-refractivity contribution is 5.74. The number of carbonyl (C=O) groups excluding carboxylic acids is 1. The zero-order valence-electron chi connectivity index (χ0n) is 9.66. The van der Waals surface area contributed by atoms with Crippen molar-refractivity contribution in [2.24, 2.45) is 0 Å². The Kier molecular flexibility index (Phi) is 4.95. The SMILES string of the molecule is O=C(O)C(F)(F)F.O=Cc1cc(-c2ccncc2)on1. The number of hydrogen-bond donors (Lipinski definition) is 1. The number of rotatable bonds is 2. The molecule has 2 rings (SSSR count). The Morgan fingerprint density at radius 3 is 2.25 bits per heavy atom. The molecule has 0 fully saturated rings. The van der Waals surface area contributed by atoms with E-state index in [2.05, 4.69) is 10.1 Å². The highest BCUT2D eigenvalue weighted by atomic mass is 19.4. The molecule has 0 aromatic carbocycles. The Morgan fingerprint density at radius 1 is 1.30 bits per heavy atom. The van der Waals surface area contributed by atoms with Gasteiger partial charge in [-0.2, -0.15) is 13.2 Å². The number of hydrogen-bond acceptors (Lipinski definition) is 5. The van der Waals surface area contributed by atoms with Crippen molar-refractivity contribution >= 4 is 12.3 Å². The van der Waals surface area contributed by atoms with E-state index < -0.39 is 12.1 Å². The van der Waals surface area contributed by atoms with E-state index in [1.54, 1.807) is 30.6 Å². The minimum Gasteiger partial charge on any atom is -0.475 e. The maximum atomic E-state index is 10.6. The largest absolute Gasteiger partial charge is 0.490 e. The second kappa shape index (κ2) is 6.45. The lowest BCUT2D eigenvalue weighted by Gasteiger charge is -1.93. The zero-order valence-corrected chi connectivity index (χ0v) is 9.66. The van der Waals surface area contributed by atoms with Crippen LogP contribution in [0.3, 0.4) is 0 Å². The maximum absolute atomic E-state index is 10.6. The van der Waals surface area contributed by atoms with E-state index in [0.29, 0.717) is 17.7 Å². The van der Waals surface area contributed by atoms with Crippen LogP contribution >= 0.6 is 0 Å². The summed E-state index contributed by atoms with van der Waals surface area (Å²) in [7, 11) is 0. The molecule has 2 heterocycles. The van der Waals surface area contributed by atoms with E-state index >= 15 is 0 Å². The van der Waals surface area contributed by atoms with Crippen LogP contribution in [0.4, 0.5) is 13.2 Å². The second-order valence-electron chi connectivity index (χ2n) is 3.27. The Balaban J connectivity index is 0.000000246. The number of aliphatic carboxylic acids is 1. The molecule has 1 N–H and O–H groups in total. The first-order valence-electron chi connectivity index (χ1n) is 4.97. The summed E-state index contributed by atoms with van der Waals surface area (Å²) in [4.78, 5) is 23.1. The average Bonchev–Trinajstić information content (AvgIpc) is 2.88. The number of aldehydes is 1. The molecule has 0 amide bonds. The molecule has 0 radical (unpaired) electrons. The lowest BCUT2D eigenvalue weighted by Crippen LogP contribution is -2.21. The summed E-state index contributed by atoms with van der Waals surface area (Å²) in [6, 6.07) is 5.16. The summed E-state index contributed by atoms with van der Waals surface area (Å²) in [6.07, 6.45) is -1.13. The van der Waals surface area contributed by atoms with Gasteiger partial charge in [0, 0.05) is 24.0 Å². The first-order chi connectivity index (χ1) is 9.34. The van der Waals surface area contributed by atoms with Gasteiger partial charge in [0.2, 0.25) is 0 Å². The van der Waals surface area contributed by atoms with E-state index in [-0.39, 0.29) is 0 Å². The van der Waals surface area contributed by atoms with Crippen LogP contribution in [-0.4, -0.2) is 33.7 Å². The molecular weight excluding hydrogens is 281 g/mol. The third-order valence-electron chi connectivity index (χ3n) is 1.86. The van der Waals surface area contributed by atoms with E-state index in [9.17, 15) is 18.0 Å². The lowest BCUT2D eigenvalue weighted by atomic mass is 10.2. The summed E-state index contributed by atoms with van der Waals surface area (Å²) < 4.78 is 36.7. The third kappa shape index (κ3) is 4.52. The number of aromatic nitrogens is 2. The molecule has 0 spiro atoms. The fraction of sp³-hybridized carbons (Fsp3) is 0.0909. The van der Waals surface area contributed by atoms with Crippen molar-refractivity contribution in [2.75, 3.05) is 0 Å². The van der Waals surface area contributed by atoms with E-state index in [4.69, 9.17) is 14.4 Å². The molecule has 9 heteroatoms. The molecule has 0 atom stereocenters. The molecule has 0 aliphatic carbocycles. The number of nitrogens with zero attached hydrogens (tertiary/aromatic N) is 2. The molecule has 0 bridgehead atoms. The molecule has 0 aliphatic heterocycles. The van der Waals surface area contributed by atoms with E-state index in [0.717, 1.165) is 5.56 Å². The molecule has 20 heavy (non-hydrogen) atoms. The highest BCUT2D eigenvalue weighted by Crippen LogP contribution is 2.18. The minimum atomic E-state index is -5.08. The van der Waals surface area contributed by atoms with Gasteiger partial charge < -0.3 is 9.63 Å². The molecule has 0 saturated heterocycles. The summed E-state index contributed by atoms with van der Waals surface area (Å²) in [5, 5.41) is 10.7. The van der Waals surface area contributed by atoms with Gasteiger partial charge in [-0.25, -0.2) is 4.79 Å². The first-order valence-corrected chi connectivity index (χ1v) is 4.97. The molecular formula is C11H7F3N2O4.